The van der Waals surface area contributed by atoms with E-state index < -0.39 is 0 Å². The number of hydrogen-bond acceptors (Lipinski definition) is 2. The molecule has 0 aromatic heterocycles. The van der Waals surface area contributed by atoms with Crippen molar-refractivity contribution in [1.29, 1.82) is 0 Å². The van der Waals surface area contributed by atoms with Gasteiger partial charge in [-0.15, -0.1) is 0 Å². The van der Waals surface area contributed by atoms with E-state index in [2.05, 4.69) is 32.8 Å². The van der Waals surface area contributed by atoms with Crippen molar-refractivity contribution in [3.8, 4) is 0 Å². The molecular weight excluding hydrogens is 174 g/mol. The molecule has 0 N–H and O–H groups in total. The first kappa shape index (κ1) is 19.5. The second kappa shape index (κ2) is 12.9. The SMILES string of the molecule is CC.CC.COCC(C)(C)CN(C)C. The Labute approximate surface area is 91.6 Å². The van der Waals surface area contributed by atoms with E-state index in [0.717, 1.165) is 13.2 Å². The van der Waals surface area contributed by atoms with E-state index >= 15 is 0 Å². The summed E-state index contributed by atoms with van der Waals surface area (Å²) in [6, 6.07) is 0. The molecule has 90 valence electrons. The van der Waals surface area contributed by atoms with Gasteiger partial charge in [-0.25, -0.2) is 0 Å². The topological polar surface area (TPSA) is 12.5 Å². The molecule has 14 heavy (non-hydrogen) atoms. The van der Waals surface area contributed by atoms with E-state index in [1.807, 2.05) is 27.7 Å². The summed E-state index contributed by atoms with van der Waals surface area (Å²) in [5.41, 5.74) is 0.276. The van der Waals surface area contributed by atoms with Crippen molar-refractivity contribution in [3.05, 3.63) is 0 Å². The monoisotopic (exact) mass is 205 g/mol. The zero-order chi connectivity index (χ0) is 12.2. The normalized spacial score (nSPS) is 9.86. The lowest BCUT2D eigenvalue weighted by atomic mass is 9.94. The van der Waals surface area contributed by atoms with E-state index in [1.54, 1.807) is 7.11 Å². The summed E-state index contributed by atoms with van der Waals surface area (Å²) >= 11 is 0. The molecule has 0 saturated heterocycles. The second-order valence-electron chi connectivity index (χ2n) is 3.84. The summed E-state index contributed by atoms with van der Waals surface area (Å²) in [5, 5.41) is 0. The second-order valence-corrected chi connectivity index (χ2v) is 3.84. The molecule has 0 heterocycles. The molecule has 0 rings (SSSR count). The molecule has 0 bridgehead atoms. The Balaban J connectivity index is -0.000000266. The molecule has 0 atom stereocenters. The molecular formula is C12H31NO. The largest absolute Gasteiger partial charge is 0.384 e. The van der Waals surface area contributed by atoms with Crippen molar-refractivity contribution >= 4 is 0 Å². The van der Waals surface area contributed by atoms with Crippen molar-refractivity contribution < 1.29 is 4.74 Å². The third kappa shape index (κ3) is 17.9. The lowest BCUT2D eigenvalue weighted by Gasteiger charge is -2.26. The van der Waals surface area contributed by atoms with Crippen molar-refractivity contribution in [1.82, 2.24) is 4.90 Å². The number of hydrogen-bond donors (Lipinski definition) is 0. The summed E-state index contributed by atoms with van der Waals surface area (Å²) in [5.74, 6) is 0. The van der Waals surface area contributed by atoms with Crippen LogP contribution < -0.4 is 0 Å². The Hall–Kier alpha value is -0.0800. The van der Waals surface area contributed by atoms with E-state index in [0.29, 0.717) is 0 Å². The summed E-state index contributed by atoms with van der Waals surface area (Å²) in [6.45, 7) is 14.3. The minimum atomic E-state index is 0.276. The van der Waals surface area contributed by atoms with Gasteiger partial charge in [-0.1, -0.05) is 41.5 Å². The first-order valence-corrected chi connectivity index (χ1v) is 5.61. The van der Waals surface area contributed by atoms with Crippen LogP contribution >= 0.6 is 0 Å². The lowest BCUT2D eigenvalue weighted by Crippen LogP contribution is -2.32. The molecule has 0 spiro atoms. The molecule has 0 amide bonds. The van der Waals surface area contributed by atoms with Gasteiger partial charge in [0, 0.05) is 19.1 Å². The maximum atomic E-state index is 5.08. The van der Waals surface area contributed by atoms with Crippen LogP contribution in [0.3, 0.4) is 0 Å². The van der Waals surface area contributed by atoms with Crippen LogP contribution in [0.1, 0.15) is 41.5 Å². The third-order valence-corrected chi connectivity index (χ3v) is 1.28. The first-order valence-electron chi connectivity index (χ1n) is 5.61. The maximum absolute atomic E-state index is 5.08. The molecule has 0 aromatic rings. The van der Waals surface area contributed by atoms with Crippen molar-refractivity contribution in [2.75, 3.05) is 34.4 Å². The zero-order valence-electron chi connectivity index (χ0n) is 11.8. The fourth-order valence-corrected chi connectivity index (χ4v) is 1.29. The van der Waals surface area contributed by atoms with Crippen LogP contribution in [0.4, 0.5) is 0 Å². The van der Waals surface area contributed by atoms with Gasteiger partial charge >= 0.3 is 0 Å². The van der Waals surface area contributed by atoms with Gasteiger partial charge in [0.1, 0.15) is 0 Å². The first-order chi connectivity index (χ1) is 6.48. The number of nitrogens with zero attached hydrogens (tertiary/aromatic N) is 1. The molecule has 0 aromatic carbocycles. The molecule has 2 heteroatoms. The van der Waals surface area contributed by atoms with Crippen LogP contribution in [0, 0.1) is 5.41 Å². The molecule has 0 fully saturated rings. The minimum Gasteiger partial charge on any atom is -0.384 e. The Bertz CT molecular complexity index is 90.3. The fraction of sp³-hybridized carbons (Fsp3) is 1.00. The van der Waals surface area contributed by atoms with Gasteiger partial charge in [0.2, 0.25) is 0 Å². The van der Waals surface area contributed by atoms with Crippen LogP contribution in [-0.2, 0) is 4.74 Å². The van der Waals surface area contributed by atoms with Crippen LogP contribution in [0.25, 0.3) is 0 Å². The van der Waals surface area contributed by atoms with Gasteiger partial charge < -0.3 is 9.64 Å². The minimum absolute atomic E-state index is 0.276. The molecule has 0 saturated carbocycles. The van der Waals surface area contributed by atoms with Crippen molar-refractivity contribution in [2.24, 2.45) is 5.41 Å². The quantitative estimate of drug-likeness (QED) is 0.698. The van der Waals surface area contributed by atoms with Gasteiger partial charge in [-0.2, -0.15) is 0 Å². The highest BCUT2D eigenvalue weighted by Crippen LogP contribution is 2.15. The van der Waals surface area contributed by atoms with E-state index in [-0.39, 0.29) is 5.41 Å². The standard InChI is InChI=1S/C8H19NO.2C2H6/c1-8(2,7-10-5)6-9(3)4;2*1-2/h6-7H2,1-5H3;2*1-2H3. The highest BCUT2D eigenvalue weighted by molar-refractivity contribution is 4.69. The molecule has 0 unspecified atom stereocenters. The van der Waals surface area contributed by atoms with Gasteiger partial charge in [-0.3, -0.25) is 0 Å². The number of rotatable bonds is 4. The van der Waals surface area contributed by atoms with E-state index in [4.69, 9.17) is 4.74 Å². The molecule has 0 radical (unpaired) electrons. The van der Waals surface area contributed by atoms with Crippen molar-refractivity contribution in [2.45, 2.75) is 41.5 Å². The molecule has 0 aliphatic heterocycles. The zero-order valence-corrected chi connectivity index (χ0v) is 11.8. The summed E-state index contributed by atoms with van der Waals surface area (Å²) in [4.78, 5) is 2.18. The predicted octanol–water partition coefficient (Wildman–Crippen LogP) is 3.27. The Morgan fingerprint density at radius 2 is 1.36 bits per heavy atom. The average Bonchev–Trinajstić information content (AvgIpc) is 2.09. The average molecular weight is 205 g/mol. The molecule has 0 aliphatic carbocycles. The lowest BCUT2D eigenvalue weighted by molar-refractivity contribution is 0.0835. The summed E-state index contributed by atoms with van der Waals surface area (Å²) in [6.07, 6.45) is 0. The van der Waals surface area contributed by atoms with E-state index in [9.17, 15) is 0 Å². The van der Waals surface area contributed by atoms with Gasteiger partial charge in [-0.05, 0) is 14.1 Å². The molecule has 0 aliphatic rings. The van der Waals surface area contributed by atoms with Gasteiger partial charge in [0.05, 0.1) is 6.61 Å². The third-order valence-electron chi connectivity index (χ3n) is 1.28. The van der Waals surface area contributed by atoms with Crippen LogP contribution in [0.2, 0.25) is 0 Å². The van der Waals surface area contributed by atoms with Crippen LogP contribution in [0.15, 0.2) is 0 Å². The summed E-state index contributed by atoms with van der Waals surface area (Å²) < 4.78 is 5.08. The maximum Gasteiger partial charge on any atom is 0.0525 e. The Kier molecular flexibility index (Phi) is 18.0. The van der Waals surface area contributed by atoms with Gasteiger partial charge in [0.15, 0.2) is 0 Å². The number of ether oxygens (including phenoxy) is 1. The smallest absolute Gasteiger partial charge is 0.0525 e. The molecule has 2 nitrogen and oxygen atoms in total. The summed E-state index contributed by atoms with van der Waals surface area (Å²) in [7, 11) is 5.91. The van der Waals surface area contributed by atoms with E-state index in [1.165, 1.54) is 0 Å². The predicted molar refractivity (Wildman–Crippen MR) is 66.9 cm³/mol. The van der Waals surface area contributed by atoms with Crippen LogP contribution in [0.5, 0.6) is 0 Å². The number of methoxy groups -OCH3 is 1. The highest BCUT2D eigenvalue weighted by atomic mass is 16.5. The Morgan fingerprint density at radius 1 is 1.00 bits per heavy atom. The van der Waals surface area contributed by atoms with Crippen molar-refractivity contribution in [3.63, 3.8) is 0 Å². The highest BCUT2D eigenvalue weighted by Gasteiger charge is 2.17. The fourth-order valence-electron chi connectivity index (χ4n) is 1.29. The van der Waals surface area contributed by atoms with Crippen LogP contribution in [-0.4, -0.2) is 39.3 Å². The van der Waals surface area contributed by atoms with Gasteiger partial charge in [0.25, 0.3) is 0 Å². The Morgan fingerprint density at radius 3 is 1.57 bits per heavy atom.